The fraction of sp³-hybridized carbons (Fsp3) is 1.00. The Labute approximate surface area is 108 Å². The van der Waals surface area contributed by atoms with Crippen LogP contribution in [0.3, 0.4) is 0 Å². The molecule has 1 saturated carbocycles. The fourth-order valence-electron chi connectivity index (χ4n) is 3.07. The Kier molecular flexibility index (Phi) is 8.78. The SMILES string of the molecule is CCCCCCCCC(O)C1CCCCCC1. The molecular weight excluding hydrogens is 208 g/mol. The Hall–Kier alpha value is -0.0400. The molecule has 1 nitrogen and oxygen atoms in total. The highest BCUT2D eigenvalue weighted by Crippen LogP contribution is 2.27. The molecule has 0 saturated heterocycles. The van der Waals surface area contributed by atoms with Gasteiger partial charge in [0.1, 0.15) is 0 Å². The number of aliphatic hydroxyl groups is 1. The van der Waals surface area contributed by atoms with Crippen molar-refractivity contribution in [2.45, 2.75) is 96.5 Å². The zero-order chi connectivity index (χ0) is 12.3. The summed E-state index contributed by atoms with van der Waals surface area (Å²) in [5.74, 6) is 0.619. The average Bonchev–Trinajstić information content (AvgIpc) is 2.62. The van der Waals surface area contributed by atoms with Gasteiger partial charge in [0.05, 0.1) is 6.10 Å². The Bertz CT molecular complexity index is 159. The third-order valence-corrected chi connectivity index (χ3v) is 4.30. The van der Waals surface area contributed by atoms with Crippen LogP contribution in [0.15, 0.2) is 0 Å². The molecule has 1 aliphatic rings. The fourth-order valence-corrected chi connectivity index (χ4v) is 3.07. The minimum atomic E-state index is -0.000671. The molecule has 1 unspecified atom stereocenters. The van der Waals surface area contributed by atoms with Gasteiger partial charge in [-0.3, -0.25) is 0 Å². The lowest BCUT2D eigenvalue weighted by Crippen LogP contribution is -2.19. The molecule has 0 aromatic carbocycles. The molecule has 1 rings (SSSR count). The van der Waals surface area contributed by atoms with Gasteiger partial charge in [-0.2, -0.15) is 0 Å². The van der Waals surface area contributed by atoms with E-state index in [2.05, 4.69) is 6.92 Å². The summed E-state index contributed by atoms with van der Waals surface area (Å²) in [5.41, 5.74) is 0. The van der Waals surface area contributed by atoms with Gasteiger partial charge < -0.3 is 5.11 Å². The van der Waals surface area contributed by atoms with Gasteiger partial charge in [0.15, 0.2) is 0 Å². The molecule has 0 heterocycles. The van der Waals surface area contributed by atoms with Crippen LogP contribution in [-0.4, -0.2) is 11.2 Å². The number of hydrogen-bond donors (Lipinski definition) is 1. The molecule has 0 amide bonds. The van der Waals surface area contributed by atoms with Crippen molar-refractivity contribution in [3.63, 3.8) is 0 Å². The average molecular weight is 240 g/mol. The van der Waals surface area contributed by atoms with Crippen LogP contribution in [0.25, 0.3) is 0 Å². The van der Waals surface area contributed by atoms with E-state index in [1.807, 2.05) is 0 Å². The van der Waals surface area contributed by atoms with Gasteiger partial charge >= 0.3 is 0 Å². The van der Waals surface area contributed by atoms with Crippen LogP contribution >= 0.6 is 0 Å². The maximum Gasteiger partial charge on any atom is 0.0568 e. The summed E-state index contributed by atoms with van der Waals surface area (Å²) in [7, 11) is 0. The molecule has 17 heavy (non-hydrogen) atoms. The van der Waals surface area contributed by atoms with Crippen molar-refractivity contribution in [2.24, 2.45) is 5.92 Å². The molecule has 1 N–H and O–H groups in total. The third-order valence-electron chi connectivity index (χ3n) is 4.30. The summed E-state index contributed by atoms with van der Waals surface area (Å²) in [5, 5.41) is 10.2. The quantitative estimate of drug-likeness (QED) is 0.464. The minimum absolute atomic E-state index is 0.000671. The number of aliphatic hydroxyl groups excluding tert-OH is 1. The summed E-state index contributed by atoms with van der Waals surface area (Å²) in [6.07, 6.45) is 17.1. The number of rotatable bonds is 8. The summed E-state index contributed by atoms with van der Waals surface area (Å²) in [4.78, 5) is 0. The van der Waals surface area contributed by atoms with Gasteiger partial charge in [-0.1, -0.05) is 71.1 Å². The Morgan fingerprint density at radius 2 is 1.47 bits per heavy atom. The molecule has 102 valence electrons. The van der Waals surface area contributed by atoms with Crippen molar-refractivity contribution in [3.8, 4) is 0 Å². The lowest BCUT2D eigenvalue weighted by atomic mass is 9.90. The van der Waals surface area contributed by atoms with Crippen LogP contribution < -0.4 is 0 Å². The van der Waals surface area contributed by atoms with E-state index in [-0.39, 0.29) is 6.10 Å². The van der Waals surface area contributed by atoms with Crippen LogP contribution in [0.4, 0.5) is 0 Å². The van der Waals surface area contributed by atoms with Gasteiger partial charge in [-0.25, -0.2) is 0 Å². The lowest BCUT2D eigenvalue weighted by molar-refractivity contribution is 0.0874. The molecule has 0 radical (unpaired) electrons. The highest BCUT2D eigenvalue weighted by atomic mass is 16.3. The summed E-state index contributed by atoms with van der Waals surface area (Å²) < 4.78 is 0. The zero-order valence-electron chi connectivity index (χ0n) is 11.8. The lowest BCUT2D eigenvalue weighted by Gasteiger charge is -2.21. The van der Waals surface area contributed by atoms with Crippen molar-refractivity contribution in [3.05, 3.63) is 0 Å². The first kappa shape index (κ1) is 15.0. The van der Waals surface area contributed by atoms with Crippen LogP contribution in [-0.2, 0) is 0 Å². The van der Waals surface area contributed by atoms with Crippen molar-refractivity contribution in [1.29, 1.82) is 0 Å². The Morgan fingerprint density at radius 1 is 0.882 bits per heavy atom. The summed E-state index contributed by atoms with van der Waals surface area (Å²) in [6.45, 7) is 2.26. The largest absolute Gasteiger partial charge is 0.393 e. The van der Waals surface area contributed by atoms with Crippen LogP contribution in [0.1, 0.15) is 90.4 Å². The molecule has 1 heteroatoms. The van der Waals surface area contributed by atoms with Gasteiger partial charge in [-0.05, 0) is 25.2 Å². The second-order valence-corrected chi connectivity index (χ2v) is 5.88. The van der Waals surface area contributed by atoms with Gasteiger partial charge in [0, 0.05) is 0 Å². The molecule has 0 aromatic rings. The molecule has 1 aliphatic carbocycles. The molecule has 0 bridgehead atoms. The Morgan fingerprint density at radius 3 is 2.12 bits per heavy atom. The van der Waals surface area contributed by atoms with Crippen molar-refractivity contribution < 1.29 is 5.11 Å². The highest BCUT2D eigenvalue weighted by Gasteiger charge is 2.19. The van der Waals surface area contributed by atoms with Gasteiger partial charge in [0.2, 0.25) is 0 Å². The minimum Gasteiger partial charge on any atom is -0.393 e. The second kappa shape index (κ2) is 9.94. The summed E-state index contributed by atoms with van der Waals surface area (Å²) >= 11 is 0. The first-order valence-electron chi connectivity index (χ1n) is 8.02. The first-order valence-corrected chi connectivity index (χ1v) is 8.02. The normalized spacial score (nSPS) is 20.1. The smallest absolute Gasteiger partial charge is 0.0568 e. The van der Waals surface area contributed by atoms with E-state index in [0.29, 0.717) is 5.92 Å². The zero-order valence-corrected chi connectivity index (χ0v) is 11.8. The molecular formula is C16H32O. The van der Waals surface area contributed by atoms with Crippen molar-refractivity contribution in [1.82, 2.24) is 0 Å². The monoisotopic (exact) mass is 240 g/mol. The topological polar surface area (TPSA) is 20.2 Å². The maximum atomic E-state index is 10.2. The first-order chi connectivity index (χ1) is 8.34. The van der Waals surface area contributed by atoms with E-state index in [9.17, 15) is 5.11 Å². The molecule has 0 aromatic heterocycles. The van der Waals surface area contributed by atoms with Gasteiger partial charge in [0.25, 0.3) is 0 Å². The standard InChI is InChI=1S/C16H32O/c1-2-3-4-5-6-11-14-16(17)15-12-9-7-8-10-13-15/h15-17H,2-14H2,1H3. The summed E-state index contributed by atoms with van der Waals surface area (Å²) in [6, 6.07) is 0. The molecule has 0 aliphatic heterocycles. The molecule has 1 atom stereocenters. The highest BCUT2D eigenvalue weighted by molar-refractivity contribution is 4.72. The van der Waals surface area contributed by atoms with Crippen molar-refractivity contribution >= 4 is 0 Å². The van der Waals surface area contributed by atoms with Crippen LogP contribution in [0.5, 0.6) is 0 Å². The van der Waals surface area contributed by atoms with E-state index in [1.54, 1.807) is 0 Å². The predicted octanol–water partition coefficient (Wildman–Crippen LogP) is 5.07. The van der Waals surface area contributed by atoms with Crippen LogP contribution in [0.2, 0.25) is 0 Å². The predicted molar refractivity (Wildman–Crippen MR) is 75.2 cm³/mol. The van der Waals surface area contributed by atoms with E-state index in [4.69, 9.17) is 0 Å². The van der Waals surface area contributed by atoms with Gasteiger partial charge in [-0.15, -0.1) is 0 Å². The van der Waals surface area contributed by atoms with E-state index in [0.717, 1.165) is 6.42 Å². The van der Waals surface area contributed by atoms with E-state index >= 15 is 0 Å². The van der Waals surface area contributed by atoms with Crippen molar-refractivity contribution in [2.75, 3.05) is 0 Å². The van der Waals surface area contributed by atoms with Crippen LogP contribution in [0, 0.1) is 5.92 Å². The second-order valence-electron chi connectivity index (χ2n) is 5.88. The molecule has 1 fully saturated rings. The Balaban J connectivity index is 2.01. The number of hydrogen-bond acceptors (Lipinski definition) is 1. The van der Waals surface area contributed by atoms with E-state index in [1.165, 1.54) is 77.0 Å². The molecule has 0 spiro atoms. The third kappa shape index (κ3) is 7.08. The number of unbranched alkanes of at least 4 members (excludes halogenated alkanes) is 5. The van der Waals surface area contributed by atoms with E-state index < -0.39 is 0 Å². The maximum absolute atomic E-state index is 10.2.